The van der Waals surface area contributed by atoms with E-state index < -0.39 is 0 Å². The maximum absolute atomic E-state index is 2.53. The van der Waals surface area contributed by atoms with Crippen LogP contribution < -0.4 is 4.90 Å². The third kappa shape index (κ3) is 3.38. The van der Waals surface area contributed by atoms with Crippen molar-refractivity contribution in [2.45, 2.75) is 52.5 Å². The molecule has 4 aromatic rings. The van der Waals surface area contributed by atoms with E-state index in [9.17, 15) is 0 Å². The van der Waals surface area contributed by atoms with Gasteiger partial charge in [0.2, 0.25) is 0 Å². The van der Waals surface area contributed by atoms with Crippen molar-refractivity contribution in [3.8, 4) is 22.3 Å². The topological polar surface area (TPSA) is 3.24 Å². The molecule has 33 heavy (non-hydrogen) atoms. The molecule has 1 nitrogen and oxygen atoms in total. The molecular formula is C32H33N. The zero-order valence-corrected chi connectivity index (χ0v) is 20.6. The molecule has 0 saturated heterocycles. The summed E-state index contributed by atoms with van der Waals surface area (Å²) < 4.78 is 0. The van der Waals surface area contributed by atoms with Crippen LogP contribution >= 0.6 is 0 Å². The van der Waals surface area contributed by atoms with E-state index in [-0.39, 0.29) is 11.0 Å². The molecular weight excluding hydrogens is 398 g/mol. The Morgan fingerprint density at radius 1 is 0.606 bits per heavy atom. The molecule has 0 saturated carbocycles. The van der Waals surface area contributed by atoms with E-state index in [2.05, 4.69) is 137 Å². The second-order valence-electron chi connectivity index (χ2n) is 10.7. The molecule has 1 aliphatic carbocycles. The predicted octanol–water partition coefficient (Wildman–Crippen LogP) is 8.90. The molecule has 0 aromatic heterocycles. The SMILES string of the molecule is Cc1c(N(c2ccccc2-c2ccccc2)C(C)(C)C)ccc2c1C(C)(C)c1ccccc1-2. The van der Waals surface area contributed by atoms with E-state index in [4.69, 9.17) is 0 Å². The van der Waals surface area contributed by atoms with Gasteiger partial charge in [-0.05, 0) is 73.2 Å². The third-order valence-electron chi connectivity index (χ3n) is 7.09. The van der Waals surface area contributed by atoms with Crippen molar-refractivity contribution in [1.82, 2.24) is 0 Å². The largest absolute Gasteiger partial charge is 0.335 e. The highest BCUT2D eigenvalue weighted by Crippen LogP contribution is 2.53. The highest BCUT2D eigenvalue weighted by atomic mass is 15.2. The van der Waals surface area contributed by atoms with Crippen molar-refractivity contribution in [2.24, 2.45) is 0 Å². The van der Waals surface area contributed by atoms with Gasteiger partial charge in [0.1, 0.15) is 0 Å². The van der Waals surface area contributed by atoms with Crippen molar-refractivity contribution in [3.63, 3.8) is 0 Å². The van der Waals surface area contributed by atoms with E-state index in [1.165, 1.54) is 50.3 Å². The van der Waals surface area contributed by atoms with Crippen LogP contribution in [0.1, 0.15) is 51.3 Å². The van der Waals surface area contributed by atoms with Crippen LogP contribution in [-0.4, -0.2) is 5.54 Å². The molecule has 0 spiro atoms. The summed E-state index contributed by atoms with van der Waals surface area (Å²) in [5, 5.41) is 0. The Kier molecular flexibility index (Phi) is 4.97. The summed E-state index contributed by atoms with van der Waals surface area (Å²) in [5.41, 5.74) is 11.9. The number of fused-ring (bicyclic) bond motifs is 3. The first-order valence-corrected chi connectivity index (χ1v) is 11.9. The first-order valence-electron chi connectivity index (χ1n) is 11.9. The lowest BCUT2D eigenvalue weighted by molar-refractivity contribution is 0.558. The van der Waals surface area contributed by atoms with E-state index in [1.54, 1.807) is 0 Å². The fraction of sp³-hybridized carbons (Fsp3) is 0.250. The van der Waals surface area contributed by atoms with E-state index in [1.807, 2.05) is 0 Å². The second kappa shape index (κ2) is 7.63. The lowest BCUT2D eigenvalue weighted by Gasteiger charge is -2.41. The van der Waals surface area contributed by atoms with Crippen molar-refractivity contribution < 1.29 is 0 Å². The van der Waals surface area contributed by atoms with Crippen LogP contribution in [0.4, 0.5) is 11.4 Å². The van der Waals surface area contributed by atoms with Gasteiger partial charge in [0.15, 0.2) is 0 Å². The zero-order valence-electron chi connectivity index (χ0n) is 20.6. The molecule has 4 aromatic carbocycles. The minimum absolute atomic E-state index is 0.0193. The normalized spacial score (nSPS) is 14.0. The quantitative estimate of drug-likeness (QED) is 0.313. The maximum Gasteiger partial charge on any atom is 0.0495 e. The van der Waals surface area contributed by atoms with Gasteiger partial charge >= 0.3 is 0 Å². The molecule has 1 aliphatic rings. The molecule has 0 bridgehead atoms. The number of rotatable bonds is 3. The van der Waals surface area contributed by atoms with Gasteiger partial charge in [-0.3, -0.25) is 0 Å². The Labute approximate surface area is 198 Å². The summed E-state index contributed by atoms with van der Waals surface area (Å²) in [6, 6.07) is 33.1. The van der Waals surface area contributed by atoms with Crippen LogP contribution in [0.3, 0.4) is 0 Å². The predicted molar refractivity (Wildman–Crippen MR) is 143 cm³/mol. The average molecular weight is 432 g/mol. The van der Waals surface area contributed by atoms with Crippen LogP contribution in [0.2, 0.25) is 0 Å². The minimum Gasteiger partial charge on any atom is -0.335 e. The maximum atomic E-state index is 2.53. The van der Waals surface area contributed by atoms with Gasteiger partial charge < -0.3 is 4.90 Å². The van der Waals surface area contributed by atoms with Crippen LogP contribution in [0.25, 0.3) is 22.3 Å². The van der Waals surface area contributed by atoms with Crippen molar-refractivity contribution in [1.29, 1.82) is 0 Å². The summed E-state index contributed by atoms with van der Waals surface area (Å²) in [6.07, 6.45) is 0. The number of benzene rings is 4. The Balaban J connectivity index is 1.75. The molecule has 0 heterocycles. The molecule has 166 valence electrons. The monoisotopic (exact) mass is 431 g/mol. The summed E-state index contributed by atoms with van der Waals surface area (Å²) in [7, 11) is 0. The summed E-state index contributed by atoms with van der Waals surface area (Å²) in [5.74, 6) is 0. The highest BCUT2D eigenvalue weighted by Gasteiger charge is 2.38. The first kappa shape index (κ1) is 21.5. The highest BCUT2D eigenvalue weighted by molar-refractivity contribution is 5.88. The number of anilines is 2. The van der Waals surface area contributed by atoms with Crippen molar-refractivity contribution in [3.05, 3.63) is 108 Å². The van der Waals surface area contributed by atoms with Gasteiger partial charge in [-0.2, -0.15) is 0 Å². The number of para-hydroxylation sites is 1. The number of nitrogens with zero attached hydrogens (tertiary/aromatic N) is 1. The molecule has 0 radical (unpaired) electrons. The number of hydrogen-bond donors (Lipinski definition) is 0. The van der Waals surface area contributed by atoms with Gasteiger partial charge in [0, 0.05) is 27.9 Å². The summed E-state index contributed by atoms with van der Waals surface area (Å²) >= 11 is 0. The molecule has 0 fully saturated rings. The summed E-state index contributed by atoms with van der Waals surface area (Å²) in [4.78, 5) is 2.53. The second-order valence-corrected chi connectivity index (χ2v) is 10.7. The fourth-order valence-electron chi connectivity index (χ4n) is 5.75. The smallest absolute Gasteiger partial charge is 0.0495 e. The van der Waals surface area contributed by atoms with Crippen LogP contribution in [0.5, 0.6) is 0 Å². The van der Waals surface area contributed by atoms with Gasteiger partial charge in [0.25, 0.3) is 0 Å². The lowest BCUT2D eigenvalue weighted by Crippen LogP contribution is -2.38. The Morgan fingerprint density at radius 2 is 1.21 bits per heavy atom. The molecule has 5 rings (SSSR count). The van der Waals surface area contributed by atoms with Gasteiger partial charge in [-0.15, -0.1) is 0 Å². The Hall–Kier alpha value is -3.32. The zero-order chi connectivity index (χ0) is 23.4. The Morgan fingerprint density at radius 3 is 1.91 bits per heavy atom. The van der Waals surface area contributed by atoms with E-state index in [0.717, 1.165) is 0 Å². The lowest BCUT2D eigenvalue weighted by atomic mass is 9.79. The number of hydrogen-bond acceptors (Lipinski definition) is 1. The molecule has 0 aliphatic heterocycles. The van der Waals surface area contributed by atoms with Crippen LogP contribution in [0.15, 0.2) is 91.0 Å². The van der Waals surface area contributed by atoms with Gasteiger partial charge in [0.05, 0.1) is 0 Å². The Bertz CT molecular complexity index is 1320. The minimum atomic E-state index is -0.0977. The summed E-state index contributed by atoms with van der Waals surface area (Å²) in [6.45, 7) is 14.0. The molecule has 1 heteroatoms. The van der Waals surface area contributed by atoms with Crippen LogP contribution in [-0.2, 0) is 5.41 Å². The average Bonchev–Trinajstić information content (AvgIpc) is 3.03. The standard InChI is InChI=1S/C32H33N/c1-22-28(21-20-26-25-17-10-12-18-27(25)32(5,6)30(22)26)33(31(2,3)4)29-19-13-11-16-24(29)23-14-8-7-9-15-23/h7-21H,1-6H3. The van der Waals surface area contributed by atoms with Gasteiger partial charge in [-0.1, -0.05) is 92.7 Å². The molecule has 0 amide bonds. The fourth-order valence-corrected chi connectivity index (χ4v) is 5.75. The third-order valence-corrected chi connectivity index (χ3v) is 7.09. The van der Waals surface area contributed by atoms with E-state index in [0.29, 0.717) is 0 Å². The van der Waals surface area contributed by atoms with E-state index >= 15 is 0 Å². The first-order chi connectivity index (χ1) is 15.7. The van der Waals surface area contributed by atoms with Crippen LogP contribution in [0, 0.1) is 6.92 Å². The van der Waals surface area contributed by atoms with Crippen molar-refractivity contribution in [2.75, 3.05) is 4.90 Å². The molecule has 0 N–H and O–H groups in total. The van der Waals surface area contributed by atoms with Crippen molar-refractivity contribution >= 4 is 11.4 Å². The van der Waals surface area contributed by atoms with Gasteiger partial charge in [-0.25, -0.2) is 0 Å². The molecule has 0 unspecified atom stereocenters. The molecule has 0 atom stereocenters.